The molecular formula is C16H26O10. The smallest absolute Gasteiger partial charge is 0.327 e. The van der Waals surface area contributed by atoms with E-state index in [1.807, 2.05) is 0 Å². The highest BCUT2D eigenvalue weighted by molar-refractivity contribution is 5.79. The maximum atomic E-state index is 9.25. The van der Waals surface area contributed by atoms with E-state index in [1.54, 1.807) is 0 Å². The molecule has 0 atom stereocenters. The molecule has 0 unspecified atom stereocenters. The zero-order chi connectivity index (χ0) is 22.0. The van der Waals surface area contributed by atoms with Crippen LogP contribution < -0.4 is 0 Å². The molecule has 10 heteroatoms. The zero-order valence-corrected chi connectivity index (χ0v) is 14.3. The lowest BCUT2D eigenvalue weighted by Gasteiger charge is -1.85. The first kappa shape index (κ1) is 34.2. The second kappa shape index (κ2) is 33.4. The fraction of sp³-hybridized carbons (Fsp3) is 0.250. The standard InChI is InChI=1S/C4H10O2.4C3H4O2/c5-3-1-2-4-6;4*1-2-3(4)5/h5-6H,1-4H2;4*2H,1H2,(H,4,5). The maximum Gasteiger partial charge on any atom is 0.327 e. The summed E-state index contributed by atoms with van der Waals surface area (Å²) < 4.78 is 0. The summed E-state index contributed by atoms with van der Waals surface area (Å²) in [5.74, 6) is -3.93. The minimum atomic E-state index is -0.981. The summed E-state index contributed by atoms with van der Waals surface area (Å²) in [7, 11) is 0. The van der Waals surface area contributed by atoms with Crippen LogP contribution in [0.1, 0.15) is 12.8 Å². The molecule has 0 aliphatic carbocycles. The normalized spacial score (nSPS) is 7.00. The number of aliphatic hydroxyl groups excluding tert-OH is 2. The van der Waals surface area contributed by atoms with Crippen LogP contribution in [0.4, 0.5) is 0 Å². The number of carboxylic acid groups (broad SMARTS) is 4. The van der Waals surface area contributed by atoms with Gasteiger partial charge in [-0.2, -0.15) is 0 Å². The van der Waals surface area contributed by atoms with Gasteiger partial charge in [0.05, 0.1) is 0 Å². The van der Waals surface area contributed by atoms with Crippen LogP contribution in [0.15, 0.2) is 50.6 Å². The highest BCUT2D eigenvalue weighted by Crippen LogP contribution is 1.80. The Morgan fingerprint density at radius 1 is 0.538 bits per heavy atom. The van der Waals surface area contributed by atoms with Crippen molar-refractivity contribution in [2.24, 2.45) is 0 Å². The van der Waals surface area contributed by atoms with Crippen molar-refractivity contribution in [3.63, 3.8) is 0 Å². The van der Waals surface area contributed by atoms with Gasteiger partial charge in [0.15, 0.2) is 0 Å². The molecule has 0 fully saturated rings. The van der Waals surface area contributed by atoms with Crippen molar-refractivity contribution in [3.8, 4) is 0 Å². The summed E-state index contributed by atoms with van der Waals surface area (Å²) in [5.41, 5.74) is 0. The Balaban J connectivity index is -0.0000000708. The summed E-state index contributed by atoms with van der Waals surface area (Å²) in [4.78, 5) is 37.0. The van der Waals surface area contributed by atoms with Gasteiger partial charge in [0.1, 0.15) is 0 Å². The Morgan fingerprint density at radius 2 is 0.654 bits per heavy atom. The quantitative estimate of drug-likeness (QED) is 0.272. The molecule has 0 saturated carbocycles. The molecule has 0 radical (unpaired) electrons. The lowest BCUT2D eigenvalue weighted by molar-refractivity contribution is -0.132. The molecule has 0 aliphatic heterocycles. The average Bonchev–Trinajstić information content (AvgIpc) is 2.61. The molecular weight excluding hydrogens is 352 g/mol. The number of hydrogen-bond acceptors (Lipinski definition) is 6. The third kappa shape index (κ3) is 135. The summed E-state index contributed by atoms with van der Waals surface area (Å²) in [6.45, 7) is 12.2. The monoisotopic (exact) mass is 378 g/mol. The van der Waals surface area contributed by atoms with Crippen molar-refractivity contribution in [2.75, 3.05) is 13.2 Å². The summed E-state index contributed by atoms with van der Waals surface area (Å²) >= 11 is 0. The number of carboxylic acids is 4. The number of aliphatic hydroxyl groups is 2. The molecule has 0 saturated heterocycles. The van der Waals surface area contributed by atoms with Crippen molar-refractivity contribution in [1.29, 1.82) is 0 Å². The zero-order valence-electron chi connectivity index (χ0n) is 14.3. The molecule has 10 nitrogen and oxygen atoms in total. The lowest BCUT2D eigenvalue weighted by Crippen LogP contribution is -1.85. The van der Waals surface area contributed by atoms with Crippen LogP contribution in [0, 0.1) is 0 Å². The van der Waals surface area contributed by atoms with E-state index in [2.05, 4.69) is 26.3 Å². The highest BCUT2D eigenvalue weighted by atomic mass is 16.4. The molecule has 0 rings (SSSR count). The third-order valence-corrected chi connectivity index (χ3v) is 1.26. The number of unbranched alkanes of at least 4 members (excludes halogenated alkanes) is 1. The van der Waals surface area contributed by atoms with Gasteiger partial charge in [0.25, 0.3) is 0 Å². The van der Waals surface area contributed by atoms with Gasteiger partial charge in [-0.1, -0.05) is 26.3 Å². The van der Waals surface area contributed by atoms with E-state index in [9.17, 15) is 19.2 Å². The Morgan fingerprint density at radius 3 is 0.692 bits per heavy atom. The highest BCUT2D eigenvalue weighted by Gasteiger charge is 1.77. The third-order valence-electron chi connectivity index (χ3n) is 1.26. The van der Waals surface area contributed by atoms with Gasteiger partial charge in [-0.05, 0) is 12.8 Å². The van der Waals surface area contributed by atoms with Crippen molar-refractivity contribution >= 4 is 23.9 Å². The van der Waals surface area contributed by atoms with Gasteiger partial charge >= 0.3 is 23.9 Å². The van der Waals surface area contributed by atoms with E-state index in [-0.39, 0.29) is 13.2 Å². The van der Waals surface area contributed by atoms with Crippen molar-refractivity contribution in [3.05, 3.63) is 50.6 Å². The minimum Gasteiger partial charge on any atom is -0.478 e. The van der Waals surface area contributed by atoms with Gasteiger partial charge < -0.3 is 30.6 Å². The van der Waals surface area contributed by atoms with Crippen LogP contribution in [-0.4, -0.2) is 67.7 Å². The van der Waals surface area contributed by atoms with Crippen LogP contribution in [0.3, 0.4) is 0 Å². The summed E-state index contributed by atoms with van der Waals surface area (Å²) in [5, 5.41) is 46.6. The Kier molecular flexibility index (Phi) is 43.9. The van der Waals surface area contributed by atoms with E-state index in [4.69, 9.17) is 30.6 Å². The second-order valence-electron chi connectivity index (χ2n) is 3.32. The fourth-order valence-corrected chi connectivity index (χ4v) is 0.224. The predicted molar refractivity (Wildman–Crippen MR) is 94.7 cm³/mol. The second-order valence-corrected chi connectivity index (χ2v) is 3.32. The first-order valence-corrected chi connectivity index (χ1v) is 6.63. The number of hydrogen-bond donors (Lipinski definition) is 6. The van der Waals surface area contributed by atoms with Crippen LogP contribution in [0.5, 0.6) is 0 Å². The predicted octanol–water partition coefficient (Wildman–Crippen LogP) is 0.779. The first-order valence-electron chi connectivity index (χ1n) is 6.63. The molecule has 6 N–H and O–H groups in total. The Labute approximate surface area is 151 Å². The molecule has 0 aromatic heterocycles. The fourth-order valence-electron chi connectivity index (χ4n) is 0.224. The molecule has 0 aromatic rings. The Bertz CT molecular complexity index is 351. The molecule has 0 heterocycles. The molecule has 0 bridgehead atoms. The molecule has 0 aromatic carbocycles. The van der Waals surface area contributed by atoms with Crippen LogP contribution >= 0.6 is 0 Å². The van der Waals surface area contributed by atoms with Crippen LogP contribution in [0.25, 0.3) is 0 Å². The van der Waals surface area contributed by atoms with Gasteiger partial charge in [-0.15, -0.1) is 0 Å². The van der Waals surface area contributed by atoms with Gasteiger partial charge in [0.2, 0.25) is 0 Å². The van der Waals surface area contributed by atoms with Crippen LogP contribution in [-0.2, 0) is 19.2 Å². The Hall–Kier alpha value is -3.24. The van der Waals surface area contributed by atoms with Gasteiger partial charge in [-0.25, -0.2) is 19.2 Å². The average molecular weight is 378 g/mol. The largest absolute Gasteiger partial charge is 0.478 e. The van der Waals surface area contributed by atoms with Crippen molar-refractivity contribution in [2.45, 2.75) is 12.8 Å². The number of carbonyl (C=O) groups is 4. The minimum absolute atomic E-state index is 0.195. The summed E-state index contributed by atoms with van der Waals surface area (Å²) in [6.07, 6.45) is 4.77. The lowest BCUT2D eigenvalue weighted by atomic mass is 10.3. The van der Waals surface area contributed by atoms with Gasteiger partial charge in [-0.3, -0.25) is 0 Å². The van der Waals surface area contributed by atoms with E-state index < -0.39 is 23.9 Å². The van der Waals surface area contributed by atoms with E-state index in [1.165, 1.54) is 0 Å². The van der Waals surface area contributed by atoms with Gasteiger partial charge in [0, 0.05) is 37.5 Å². The topological polar surface area (TPSA) is 190 Å². The SMILES string of the molecule is C=CC(=O)O.C=CC(=O)O.C=CC(=O)O.C=CC(=O)O.OCCCCO. The molecule has 150 valence electrons. The van der Waals surface area contributed by atoms with Crippen molar-refractivity contribution < 1.29 is 49.8 Å². The first-order chi connectivity index (χ1) is 12.0. The molecule has 26 heavy (non-hydrogen) atoms. The van der Waals surface area contributed by atoms with Crippen LogP contribution in [0.2, 0.25) is 0 Å². The van der Waals surface area contributed by atoms with E-state index in [0.717, 1.165) is 37.1 Å². The molecule has 0 spiro atoms. The number of aliphatic carboxylic acids is 4. The maximum absolute atomic E-state index is 9.25. The van der Waals surface area contributed by atoms with Crippen molar-refractivity contribution in [1.82, 2.24) is 0 Å². The van der Waals surface area contributed by atoms with E-state index in [0.29, 0.717) is 0 Å². The molecule has 0 amide bonds. The van der Waals surface area contributed by atoms with E-state index >= 15 is 0 Å². The molecule has 0 aliphatic rings. The summed E-state index contributed by atoms with van der Waals surface area (Å²) in [6, 6.07) is 0. The number of rotatable bonds is 7.